The molecule has 3 heteroatoms. The Morgan fingerprint density at radius 1 is 0.333 bits per heavy atom. The van der Waals surface area contributed by atoms with Crippen LogP contribution >= 0.6 is 0 Å². The van der Waals surface area contributed by atoms with Gasteiger partial charge in [-0.3, -0.25) is 0 Å². The van der Waals surface area contributed by atoms with E-state index in [-0.39, 0.29) is 0 Å². The van der Waals surface area contributed by atoms with Gasteiger partial charge in [0.2, 0.25) is 0 Å². The summed E-state index contributed by atoms with van der Waals surface area (Å²) in [6.07, 6.45) is 0. The normalized spacial score (nSPS) is 14.8. The van der Waals surface area contributed by atoms with Gasteiger partial charge in [0.1, 0.15) is 0 Å². The molecule has 51 heavy (non-hydrogen) atoms. The molecule has 0 unspecified atom stereocenters. The third-order valence-electron chi connectivity index (χ3n) is 10.5. The van der Waals surface area contributed by atoms with Crippen LogP contribution in [0.5, 0.6) is 0 Å². The maximum absolute atomic E-state index is 6.69. The molecule has 0 spiro atoms. The highest BCUT2D eigenvalue weighted by Crippen LogP contribution is 2.50. The Kier molecular flexibility index (Phi) is 8.56. The second kappa shape index (κ2) is 13.3. The van der Waals surface area contributed by atoms with Crippen LogP contribution in [-0.2, 0) is 9.31 Å². The fourth-order valence-corrected chi connectivity index (χ4v) is 7.18. The zero-order chi connectivity index (χ0) is 35.0. The maximum Gasteiger partial charge on any atom is 0.494 e. The van der Waals surface area contributed by atoms with E-state index in [1.165, 1.54) is 38.9 Å². The average Bonchev–Trinajstić information content (AvgIpc) is 3.41. The third kappa shape index (κ3) is 6.25. The molecule has 1 heterocycles. The van der Waals surface area contributed by atoms with E-state index in [2.05, 4.69) is 204 Å². The monoisotopic (exact) mass is 660 g/mol. The first-order chi connectivity index (χ1) is 24.8. The maximum atomic E-state index is 6.69. The van der Waals surface area contributed by atoms with Crippen LogP contribution in [0.4, 0.5) is 0 Å². The predicted octanol–water partition coefficient (Wildman–Crippen LogP) is 12.0. The molecule has 0 N–H and O–H groups in total. The third-order valence-corrected chi connectivity index (χ3v) is 10.5. The van der Waals surface area contributed by atoms with E-state index in [1.807, 2.05) is 0 Å². The molecule has 1 fully saturated rings. The summed E-state index contributed by atoms with van der Waals surface area (Å²) in [6, 6.07) is 63.2. The molecule has 0 aliphatic carbocycles. The van der Waals surface area contributed by atoms with Crippen molar-refractivity contribution in [2.24, 2.45) is 0 Å². The summed E-state index contributed by atoms with van der Waals surface area (Å²) in [5, 5.41) is 0. The summed E-state index contributed by atoms with van der Waals surface area (Å²) in [5.41, 5.74) is 14.0. The Labute approximate surface area is 302 Å². The quantitative estimate of drug-likeness (QED) is 0.158. The number of benzene rings is 7. The standard InChI is InChI=1S/C48H41BO2/c1-47(2)48(3,4)51-49(50-47)41-31-39(34-20-10-5-11-21-34)30-40(32-41)43-33-42(35-22-12-6-13-23-35)44(36-24-14-7-15-25-36)46(38-28-18-9-19-29-38)45(43)37-26-16-8-17-27-37/h5-33H,1-4H3. The molecule has 1 aliphatic rings. The lowest BCUT2D eigenvalue weighted by Crippen LogP contribution is -2.41. The largest absolute Gasteiger partial charge is 0.494 e. The van der Waals surface area contributed by atoms with Gasteiger partial charge in [-0.1, -0.05) is 164 Å². The Hall–Kier alpha value is -5.48. The molecule has 7 aromatic rings. The van der Waals surface area contributed by atoms with Gasteiger partial charge in [-0.25, -0.2) is 0 Å². The molecule has 248 valence electrons. The molecule has 0 bridgehead atoms. The van der Waals surface area contributed by atoms with Crippen molar-refractivity contribution in [3.05, 3.63) is 176 Å². The lowest BCUT2D eigenvalue weighted by atomic mass is 9.74. The molecule has 0 atom stereocenters. The molecule has 2 nitrogen and oxygen atoms in total. The number of hydrogen-bond acceptors (Lipinski definition) is 2. The van der Waals surface area contributed by atoms with Crippen LogP contribution in [0.2, 0.25) is 0 Å². The fourth-order valence-electron chi connectivity index (χ4n) is 7.18. The van der Waals surface area contributed by atoms with Crippen molar-refractivity contribution in [1.29, 1.82) is 0 Å². The van der Waals surface area contributed by atoms with Crippen molar-refractivity contribution in [2.45, 2.75) is 38.9 Å². The lowest BCUT2D eigenvalue weighted by molar-refractivity contribution is 0.00578. The summed E-state index contributed by atoms with van der Waals surface area (Å²) in [6.45, 7) is 8.46. The van der Waals surface area contributed by atoms with Crippen molar-refractivity contribution >= 4 is 12.6 Å². The van der Waals surface area contributed by atoms with Gasteiger partial charge in [0.25, 0.3) is 0 Å². The minimum absolute atomic E-state index is 0.464. The molecule has 1 saturated heterocycles. The van der Waals surface area contributed by atoms with Gasteiger partial charge in [-0.2, -0.15) is 0 Å². The summed E-state index contributed by atoms with van der Waals surface area (Å²) in [4.78, 5) is 0. The van der Waals surface area contributed by atoms with E-state index >= 15 is 0 Å². The van der Waals surface area contributed by atoms with Crippen LogP contribution in [0.3, 0.4) is 0 Å². The first-order valence-electron chi connectivity index (χ1n) is 17.8. The Morgan fingerprint density at radius 2 is 0.686 bits per heavy atom. The highest BCUT2D eigenvalue weighted by molar-refractivity contribution is 6.62. The molecule has 8 rings (SSSR count). The first kappa shape index (κ1) is 32.7. The van der Waals surface area contributed by atoms with Crippen molar-refractivity contribution < 1.29 is 9.31 Å². The summed E-state index contributed by atoms with van der Waals surface area (Å²) < 4.78 is 13.4. The van der Waals surface area contributed by atoms with Crippen LogP contribution < -0.4 is 5.46 Å². The molecule has 7 aromatic carbocycles. The first-order valence-corrected chi connectivity index (χ1v) is 17.8. The minimum Gasteiger partial charge on any atom is -0.399 e. The second-order valence-corrected chi connectivity index (χ2v) is 14.4. The van der Waals surface area contributed by atoms with Crippen LogP contribution in [0, 0.1) is 0 Å². The Bertz CT molecular complexity index is 2270. The van der Waals surface area contributed by atoms with Gasteiger partial charge >= 0.3 is 7.12 Å². The van der Waals surface area contributed by atoms with E-state index in [0.717, 1.165) is 33.3 Å². The zero-order valence-electron chi connectivity index (χ0n) is 29.6. The molecule has 0 amide bonds. The molecule has 1 aliphatic heterocycles. The van der Waals surface area contributed by atoms with Crippen molar-refractivity contribution in [3.8, 4) is 66.8 Å². The molecule has 0 saturated carbocycles. The van der Waals surface area contributed by atoms with Crippen LogP contribution in [0.25, 0.3) is 66.8 Å². The summed E-state index contributed by atoms with van der Waals surface area (Å²) in [7, 11) is -0.511. The van der Waals surface area contributed by atoms with E-state index < -0.39 is 18.3 Å². The van der Waals surface area contributed by atoms with Gasteiger partial charge in [0, 0.05) is 0 Å². The van der Waals surface area contributed by atoms with Crippen molar-refractivity contribution in [1.82, 2.24) is 0 Å². The molecular weight excluding hydrogens is 619 g/mol. The predicted molar refractivity (Wildman–Crippen MR) is 215 cm³/mol. The van der Waals surface area contributed by atoms with Crippen LogP contribution in [0.1, 0.15) is 27.7 Å². The highest BCUT2D eigenvalue weighted by atomic mass is 16.7. The van der Waals surface area contributed by atoms with Gasteiger partial charge < -0.3 is 9.31 Å². The Morgan fingerprint density at radius 3 is 1.14 bits per heavy atom. The summed E-state index contributed by atoms with van der Waals surface area (Å²) in [5.74, 6) is 0. The van der Waals surface area contributed by atoms with Gasteiger partial charge in [0.15, 0.2) is 0 Å². The Balaban J connectivity index is 1.51. The topological polar surface area (TPSA) is 18.5 Å². The van der Waals surface area contributed by atoms with Crippen molar-refractivity contribution in [3.63, 3.8) is 0 Å². The highest BCUT2D eigenvalue weighted by Gasteiger charge is 2.51. The molecular formula is C48H41BO2. The van der Waals surface area contributed by atoms with E-state index in [1.54, 1.807) is 0 Å². The second-order valence-electron chi connectivity index (χ2n) is 14.4. The smallest absolute Gasteiger partial charge is 0.399 e. The zero-order valence-corrected chi connectivity index (χ0v) is 29.6. The van der Waals surface area contributed by atoms with Crippen molar-refractivity contribution in [2.75, 3.05) is 0 Å². The van der Waals surface area contributed by atoms with E-state index in [9.17, 15) is 0 Å². The van der Waals surface area contributed by atoms with Gasteiger partial charge in [0.05, 0.1) is 11.2 Å². The van der Waals surface area contributed by atoms with E-state index in [4.69, 9.17) is 9.31 Å². The van der Waals surface area contributed by atoms with Gasteiger partial charge in [-0.05, 0) is 112 Å². The number of rotatable bonds is 7. The SMILES string of the molecule is CC1(C)OB(c2cc(-c3ccccc3)cc(-c3cc(-c4ccccc4)c(-c4ccccc4)c(-c4ccccc4)c3-c3ccccc3)c2)OC1(C)C. The lowest BCUT2D eigenvalue weighted by Gasteiger charge is -2.32. The van der Waals surface area contributed by atoms with Gasteiger partial charge in [-0.15, -0.1) is 0 Å². The minimum atomic E-state index is -0.511. The van der Waals surface area contributed by atoms with E-state index in [0.29, 0.717) is 0 Å². The van der Waals surface area contributed by atoms with Crippen LogP contribution in [-0.4, -0.2) is 18.3 Å². The average molecular weight is 661 g/mol. The molecule has 0 aromatic heterocycles. The summed E-state index contributed by atoms with van der Waals surface area (Å²) >= 11 is 0. The molecule has 0 radical (unpaired) electrons. The van der Waals surface area contributed by atoms with Crippen LogP contribution in [0.15, 0.2) is 176 Å². The number of hydrogen-bond donors (Lipinski definition) is 0. The fraction of sp³-hybridized carbons (Fsp3) is 0.125.